The summed E-state index contributed by atoms with van der Waals surface area (Å²) in [5, 5.41) is 0. The van der Waals surface area contributed by atoms with Crippen molar-refractivity contribution in [2.75, 3.05) is 6.54 Å². The highest BCUT2D eigenvalue weighted by Crippen LogP contribution is 2.42. The van der Waals surface area contributed by atoms with Crippen LogP contribution in [0.4, 0.5) is 0 Å². The van der Waals surface area contributed by atoms with Gasteiger partial charge in [-0.3, -0.25) is 4.90 Å². The van der Waals surface area contributed by atoms with Crippen molar-refractivity contribution in [3.8, 4) is 0 Å². The smallest absolute Gasteiger partial charge is 0.0870 e. The van der Waals surface area contributed by atoms with Gasteiger partial charge in [-0.15, -0.1) is 0 Å². The average Bonchev–Trinajstić information content (AvgIpc) is 2.80. The summed E-state index contributed by atoms with van der Waals surface area (Å²) < 4.78 is 6.25. The highest BCUT2D eigenvalue weighted by atomic mass is 32.1. The van der Waals surface area contributed by atoms with E-state index < -0.39 is 0 Å². The maximum Gasteiger partial charge on any atom is 0.0870 e. The van der Waals surface area contributed by atoms with Crippen LogP contribution in [0.5, 0.6) is 0 Å². The molecule has 0 amide bonds. The zero-order valence-corrected chi connectivity index (χ0v) is 13.6. The number of hydrogen-bond acceptors (Lipinski definition) is 3. The highest BCUT2D eigenvalue weighted by molar-refractivity contribution is 7.80. The molecule has 19 heavy (non-hydrogen) atoms. The van der Waals surface area contributed by atoms with E-state index >= 15 is 0 Å². The first-order valence-electron chi connectivity index (χ1n) is 7.45. The highest BCUT2D eigenvalue weighted by Gasteiger charge is 2.49. The van der Waals surface area contributed by atoms with Gasteiger partial charge < -0.3 is 10.5 Å². The third-order valence-electron chi connectivity index (χ3n) is 4.56. The Bertz CT molecular complexity index is 348. The molecule has 1 saturated heterocycles. The van der Waals surface area contributed by atoms with E-state index in [0.717, 1.165) is 13.0 Å². The van der Waals surface area contributed by atoms with Gasteiger partial charge in [0.25, 0.3) is 0 Å². The van der Waals surface area contributed by atoms with Crippen LogP contribution >= 0.6 is 12.2 Å². The third kappa shape index (κ3) is 3.47. The molecule has 1 heterocycles. The Hall–Kier alpha value is -0.190. The van der Waals surface area contributed by atoms with E-state index in [4.69, 9.17) is 22.7 Å². The predicted molar refractivity (Wildman–Crippen MR) is 83.4 cm³/mol. The molecule has 2 fully saturated rings. The van der Waals surface area contributed by atoms with Crippen LogP contribution in [0.15, 0.2) is 0 Å². The predicted octanol–water partition coefficient (Wildman–Crippen LogP) is 2.86. The summed E-state index contributed by atoms with van der Waals surface area (Å²) >= 11 is 5.17. The SMILES string of the molecule is CC1(C)CC(N(CC(N)=S)C2CCCC2)C(C)(C)O1. The molecule has 0 aromatic heterocycles. The first kappa shape index (κ1) is 15.2. The average molecular weight is 284 g/mol. The third-order valence-corrected chi connectivity index (χ3v) is 4.69. The second-order valence-electron chi connectivity index (χ2n) is 7.26. The fourth-order valence-corrected chi connectivity index (χ4v) is 4.11. The summed E-state index contributed by atoms with van der Waals surface area (Å²) in [7, 11) is 0. The summed E-state index contributed by atoms with van der Waals surface area (Å²) in [5.74, 6) is 0. The van der Waals surface area contributed by atoms with Crippen molar-refractivity contribution in [3.05, 3.63) is 0 Å². The number of nitrogens with two attached hydrogens (primary N) is 1. The summed E-state index contributed by atoms with van der Waals surface area (Å²) in [6, 6.07) is 1.04. The molecular formula is C15H28N2OS. The van der Waals surface area contributed by atoms with Crippen LogP contribution in [0.1, 0.15) is 59.8 Å². The fraction of sp³-hybridized carbons (Fsp3) is 0.933. The van der Waals surface area contributed by atoms with Gasteiger partial charge in [-0.2, -0.15) is 0 Å². The zero-order valence-electron chi connectivity index (χ0n) is 12.7. The maximum absolute atomic E-state index is 6.25. The molecule has 0 spiro atoms. The zero-order chi connectivity index (χ0) is 14.3. The van der Waals surface area contributed by atoms with Gasteiger partial charge in [0.1, 0.15) is 0 Å². The van der Waals surface area contributed by atoms with Gasteiger partial charge in [-0.25, -0.2) is 0 Å². The van der Waals surface area contributed by atoms with Crippen LogP contribution in [0.2, 0.25) is 0 Å². The lowest BCUT2D eigenvalue weighted by molar-refractivity contribution is -0.0825. The van der Waals surface area contributed by atoms with Gasteiger partial charge >= 0.3 is 0 Å². The van der Waals surface area contributed by atoms with Gasteiger partial charge in [0.15, 0.2) is 0 Å². The normalized spacial score (nSPS) is 30.1. The molecule has 0 bridgehead atoms. The minimum absolute atomic E-state index is 0.0543. The molecule has 2 rings (SSSR count). The lowest BCUT2D eigenvalue weighted by Gasteiger charge is -2.39. The molecule has 0 radical (unpaired) electrons. The van der Waals surface area contributed by atoms with Crippen LogP contribution in [0, 0.1) is 0 Å². The van der Waals surface area contributed by atoms with Gasteiger partial charge in [0.2, 0.25) is 0 Å². The molecule has 2 aliphatic rings. The van der Waals surface area contributed by atoms with E-state index in [1.807, 2.05) is 0 Å². The number of nitrogens with zero attached hydrogens (tertiary/aromatic N) is 1. The van der Waals surface area contributed by atoms with Crippen LogP contribution in [0.25, 0.3) is 0 Å². The van der Waals surface area contributed by atoms with Gasteiger partial charge in [-0.05, 0) is 47.0 Å². The van der Waals surface area contributed by atoms with E-state index in [2.05, 4.69) is 32.6 Å². The van der Waals surface area contributed by atoms with Crippen LogP contribution < -0.4 is 5.73 Å². The molecule has 0 aromatic carbocycles. The van der Waals surface area contributed by atoms with Crippen molar-refractivity contribution >= 4 is 17.2 Å². The number of thiocarbonyl (C=S) groups is 1. The number of hydrogen-bond donors (Lipinski definition) is 1. The minimum atomic E-state index is -0.128. The molecule has 110 valence electrons. The second kappa shape index (κ2) is 5.30. The van der Waals surface area contributed by atoms with Crippen LogP contribution in [0.3, 0.4) is 0 Å². The van der Waals surface area contributed by atoms with Crippen molar-refractivity contribution in [1.29, 1.82) is 0 Å². The summed E-state index contributed by atoms with van der Waals surface area (Å²) in [6.45, 7) is 9.50. The monoisotopic (exact) mass is 284 g/mol. The Morgan fingerprint density at radius 1 is 1.26 bits per heavy atom. The number of ether oxygens (including phenoxy) is 1. The van der Waals surface area contributed by atoms with Crippen molar-refractivity contribution in [2.24, 2.45) is 5.73 Å². The Labute approximate surface area is 122 Å². The largest absolute Gasteiger partial charge is 0.392 e. The van der Waals surface area contributed by atoms with Crippen LogP contribution in [-0.2, 0) is 4.74 Å². The van der Waals surface area contributed by atoms with E-state index in [-0.39, 0.29) is 11.2 Å². The van der Waals surface area contributed by atoms with E-state index in [0.29, 0.717) is 17.1 Å². The molecule has 0 aromatic rings. The van der Waals surface area contributed by atoms with E-state index in [1.54, 1.807) is 0 Å². The first-order chi connectivity index (χ1) is 8.71. The molecule has 1 atom stereocenters. The topological polar surface area (TPSA) is 38.5 Å². The Kier molecular flexibility index (Phi) is 4.24. The van der Waals surface area contributed by atoms with Gasteiger partial charge in [0, 0.05) is 18.6 Å². The van der Waals surface area contributed by atoms with E-state index in [1.165, 1.54) is 25.7 Å². The van der Waals surface area contributed by atoms with Crippen molar-refractivity contribution in [2.45, 2.75) is 83.1 Å². The molecule has 1 unspecified atom stereocenters. The Morgan fingerprint density at radius 3 is 2.26 bits per heavy atom. The first-order valence-corrected chi connectivity index (χ1v) is 7.86. The minimum Gasteiger partial charge on any atom is -0.392 e. The van der Waals surface area contributed by atoms with Crippen LogP contribution in [-0.4, -0.2) is 39.7 Å². The molecule has 4 heteroatoms. The Morgan fingerprint density at radius 2 is 1.84 bits per heavy atom. The molecule has 3 nitrogen and oxygen atoms in total. The molecule has 2 N–H and O–H groups in total. The standard InChI is InChI=1S/C15H28N2OS/c1-14(2)9-12(15(3,4)18-14)17(10-13(16)19)11-7-5-6-8-11/h11-12H,5-10H2,1-4H3,(H2,16,19). The van der Waals surface area contributed by atoms with E-state index in [9.17, 15) is 0 Å². The summed E-state index contributed by atoms with van der Waals surface area (Å²) in [4.78, 5) is 3.14. The van der Waals surface area contributed by atoms with Gasteiger partial charge in [-0.1, -0.05) is 25.1 Å². The van der Waals surface area contributed by atoms with Crippen molar-refractivity contribution < 1.29 is 4.74 Å². The molecule has 1 saturated carbocycles. The fourth-order valence-electron chi connectivity index (χ4n) is 3.96. The maximum atomic E-state index is 6.25. The second-order valence-corrected chi connectivity index (χ2v) is 7.79. The summed E-state index contributed by atoms with van der Waals surface area (Å²) in [5.41, 5.74) is 5.65. The van der Waals surface area contributed by atoms with Crippen molar-refractivity contribution in [1.82, 2.24) is 4.90 Å². The summed E-state index contributed by atoms with van der Waals surface area (Å²) in [6.07, 6.45) is 6.26. The molecule has 1 aliphatic heterocycles. The quantitative estimate of drug-likeness (QED) is 0.806. The lowest BCUT2D eigenvalue weighted by atomic mass is 9.91. The van der Waals surface area contributed by atoms with Gasteiger partial charge in [0.05, 0.1) is 16.2 Å². The lowest BCUT2D eigenvalue weighted by Crippen LogP contribution is -2.53. The van der Waals surface area contributed by atoms with Crippen molar-refractivity contribution in [3.63, 3.8) is 0 Å². The Balaban J connectivity index is 2.19. The molecular weight excluding hydrogens is 256 g/mol. The molecule has 1 aliphatic carbocycles. The number of rotatable bonds is 4.